The molecule has 2 rings (SSSR count). The average molecular weight is 419 g/mol. The molecule has 0 saturated heterocycles. The van der Waals surface area contributed by atoms with E-state index in [1.807, 2.05) is 13.0 Å². The monoisotopic (exact) mass is 418 g/mol. The maximum absolute atomic E-state index is 9.55. The number of carbonyl (C=O) groups is 2. The number of aryl methyl sites for hydroxylation is 2. The maximum atomic E-state index is 9.55. The van der Waals surface area contributed by atoms with Gasteiger partial charge < -0.3 is 14.9 Å². The molecule has 0 aliphatic rings. The van der Waals surface area contributed by atoms with Crippen molar-refractivity contribution in [3.63, 3.8) is 0 Å². The summed E-state index contributed by atoms with van der Waals surface area (Å²) in [5, 5.41) is 16.7. The zero-order valence-electron chi connectivity index (χ0n) is 16.8. The summed E-state index contributed by atoms with van der Waals surface area (Å²) >= 11 is 1.65. The van der Waals surface area contributed by atoms with E-state index in [0.717, 1.165) is 40.8 Å². The minimum Gasteiger partial charge on any atom is -0.490 e. The van der Waals surface area contributed by atoms with Crippen LogP contribution in [0.2, 0.25) is 0 Å². The van der Waals surface area contributed by atoms with Crippen molar-refractivity contribution >= 4 is 29.3 Å². The Morgan fingerprint density at radius 1 is 1.24 bits per heavy atom. The van der Waals surface area contributed by atoms with E-state index in [1.165, 1.54) is 12.8 Å². The molecule has 2 N–H and O–H groups in total. The summed E-state index contributed by atoms with van der Waals surface area (Å²) in [4.78, 5) is 23.8. The Morgan fingerprint density at radius 2 is 1.90 bits per heavy atom. The fourth-order valence-electron chi connectivity index (χ4n) is 2.42. The van der Waals surface area contributed by atoms with Crippen LogP contribution in [0.3, 0.4) is 0 Å². The van der Waals surface area contributed by atoms with E-state index >= 15 is 0 Å². The van der Waals surface area contributed by atoms with Crippen molar-refractivity contribution < 1.29 is 24.5 Å². The Kier molecular flexibility index (Phi) is 10.4. The van der Waals surface area contributed by atoms with E-state index in [-0.39, 0.29) is 0 Å². The van der Waals surface area contributed by atoms with Crippen molar-refractivity contribution in [2.75, 3.05) is 12.4 Å². The smallest absolute Gasteiger partial charge is 0.328 e. The predicted molar refractivity (Wildman–Crippen MR) is 114 cm³/mol. The zero-order valence-corrected chi connectivity index (χ0v) is 17.7. The van der Waals surface area contributed by atoms with Gasteiger partial charge in [-0.05, 0) is 32.4 Å². The van der Waals surface area contributed by atoms with Gasteiger partial charge in [-0.15, -0.1) is 6.42 Å². The van der Waals surface area contributed by atoms with Crippen LogP contribution in [-0.2, 0) is 9.59 Å². The van der Waals surface area contributed by atoms with Gasteiger partial charge in [0.2, 0.25) is 0 Å². The number of aliphatic carboxylic acids is 2. The molecule has 8 heteroatoms. The van der Waals surface area contributed by atoms with Gasteiger partial charge in [-0.3, -0.25) is 4.40 Å². The van der Waals surface area contributed by atoms with Gasteiger partial charge in [0.1, 0.15) is 5.03 Å². The molecule has 0 aliphatic carbocycles. The number of terminal acetylenes is 1. The SMILES string of the molecule is C#CCSc1c(C)nc2c(OCCCCC)ccc(C)n12.O=C(O)/C=C/C(=O)O. The number of rotatable bonds is 9. The molecule has 0 unspecified atom stereocenters. The number of thioether (sulfide) groups is 1. The molecule has 156 valence electrons. The lowest BCUT2D eigenvalue weighted by atomic mass is 10.3. The summed E-state index contributed by atoms with van der Waals surface area (Å²) in [5.74, 6) is 1.66. The summed E-state index contributed by atoms with van der Waals surface area (Å²) < 4.78 is 8.06. The highest BCUT2D eigenvalue weighted by molar-refractivity contribution is 7.99. The van der Waals surface area contributed by atoms with Crippen LogP contribution >= 0.6 is 11.8 Å². The molecule has 7 nitrogen and oxygen atoms in total. The molecule has 2 heterocycles. The fraction of sp³-hybridized carbons (Fsp3) is 0.381. The molecule has 0 bridgehead atoms. The first-order valence-electron chi connectivity index (χ1n) is 9.13. The van der Waals surface area contributed by atoms with Crippen molar-refractivity contribution in [1.82, 2.24) is 9.38 Å². The zero-order chi connectivity index (χ0) is 21.8. The molecule has 0 fully saturated rings. The Labute approximate surface area is 174 Å². The summed E-state index contributed by atoms with van der Waals surface area (Å²) in [6.07, 6.45) is 9.96. The van der Waals surface area contributed by atoms with Crippen LogP contribution in [0.4, 0.5) is 0 Å². The maximum Gasteiger partial charge on any atom is 0.328 e. The number of carboxylic acid groups (broad SMARTS) is 2. The number of carboxylic acids is 2. The van der Waals surface area contributed by atoms with Crippen molar-refractivity contribution in [2.45, 2.75) is 45.1 Å². The molecule has 29 heavy (non-hydrogen) atoms. The van der Waals surface area contributed by atoms with E-state index in [4.69, 9.17) is 21.4 Å². The molecule has 0 amide bonds. The van der Waals surface area contributed by atoms with Crippen LogP contribution in [0.5, 0.6) is 5.75 Å². The Balaban J connectivity index is 0.000000447. The van der Waals surface area contributed by atoms with Crippen molar-refractivity contribution in [3.05, 3.63) is 35.7 Å². The molecule has 0 atom stereocenters. The van der Waals surface area contributed by atoms with Crippen LogP contribution in [0.15, 0.2) is 29.3 Å². The largest absolute Gasteiger partial charge is 0.490 e. The van der Waals surface area contributed by atoms with Crippen LogP contribution in [-0.4, -0.2) is 43.9 Å². The summed E-state index contributed by atoms with van der Waals surface area (Å²) in [7, 11) is 0. The number of fused-ring (bicyclic) bond motifs is 1. The number of aromatic nitrogens is 2. The normalized spacial score (nSPS) is 10.4. The highest BCUT2D eigenvalue weighted by atomic mass is 32.2. The molecular formula is C21H26N2O5S. The van der Waals surface area contributed by atoms with Crippen LogP contribution in [0, 0.1) is 26.2 Å². The van der Waals surface area contributed by atoms with Crippen molar-refractivity contribution in [1.29, 1.82) is 0 Å². The van der Waals surface area contributed by atoms with Gasteiger partial charge in [0, 0.05) is 17.8 Å². The third-order valence-corrected chi connectivity index (χ3v) is 4.78. The van der Waals surface area contributed by atoms with E-state index in [2.05, 4.69) is 35.2 Å². The number of nitrogens with zero attached hydrogens (tertiary/aromatic N) is 2. The first kappa shape index (κ1) is 24.1. The number of pyridine rings is 1. The molecule has 2 aromatic rings. The highest BCUT2D eigenvalue weighted by Gasteiger charge is 2.14. The van der Waals surface area contributed by atoms with Gasteiger partial charge in [-0.1, -0.05) is 37.4 Å². The molecule has 0 spiro atoms. The lowest BCUT2D eigenvalue weighted by Gasteiger charge is -2.10. The number of hydrogen-bond acceptors (Lipinski definition) is 5. The van der Waals surface area contributed by atoms with E-state index < -0.39 is 11.9 Å². The fourth-order valence-corrected chi connectivity index (χ4v) is 3.26. The molecule has 2 aromatic heterocycles. The molecule has 0 aliphatic heterocycles. The first-order chi connectivity index (χ1) is 13.8. The lowest BCUT2D eigenvalue weighted by molar-refractivity contribution is -0.134. The highest BCUT2D eigenvalue weighted by Crippen LogP contribution is 2.30. The third-order valence-electron chi connectivity index (χ3n) is 3.71. The Hall–Kier alpha value is -2.92. The third kappa shape index (κ3) is 7.92. The summed E-state index contributed by atoms with van der Waals surface area (Å²) in [5.41, 5.74) is 3.04. The number of hydrogen-bond donors (Lipinski definition) is 2. The van der Waals surface area contributed by atoms with Crippen LogP contribution in [0.1, 0.15) is 37.6 Å². The first-order valence-corrected chi connectivity index (χ1v) is 10.1. The average Bonchev–Trinajstić information content (AvgIpc) is 3.01. The quantitative estimate of drug-likeness (QED) is 0.275. The Bertz CT molecular complexity index is 896. The van der Waals surface area contributed by atoms with E-state index in [1.54, 1.807) is 11.8 Å². The Morgan fingerprint density at radius 3 is 2.45 bits per heavy atom. The minimum absolute atomic E-state index is 0.558. The van der Waals surface area contributed by atoms with E-state index in [0.29, 0.717) is 17.9 Å². The van der Waals surface area contributed by atoms with Gasteiger partial charge in [0.25, 0.3) is 0 Å². The number of imidazole rings is 1. The number of ether oxygens (including phenoxy) is 1. The summed E-state index contributed by atoms with van der Waals surface area (Å²) in [6, 6.07) is 4.09. The van der Waals surface area contributed by atoms with Gasteiger partial charge in [-0.25, -0.2) is 14.6 Å². The van der Waals surface area contributed by atoms with Gasteiger partial charge >= 0.3 is 11.9 Å². The van der Waals surface area contributed by atoms with Crippen molar-refractivity contribution in [3.8, 4) is 18.1 Å². The second-order valence-corrected chi connectivity index (χ2v) is 7.02. The summed E-state index contributed by atoms with van der Waals surface area (Å²) in [6.45, 7) is 7.03. The topological polar surface area (TPSA) is 101 Å². The second-order valence-electron chi connectivity index (χ2n) is 6.06. The second kappa shape index (κ2) is 12.5. The van der Waals surface area contributed by atoms with Crippen LogP contribution in [0.25, 0.3) is 5.65 Å². The van der Waals surface area contributed by atoms with E-state index in [9.17, 15) is 9.59 Å². The van der Waals surface area contributed by atoms with Gasteiger partial charge in [-0.2, -0.15) is 0 Å². The standard InChI is InChI=1S/C17H22N2OS.C4H4O4/c1-5-7-8-11-20-15-10-9-13(3)19-16(15)18-14(4)17(19)21-12-6-2;5-3(6)1-2-4(7)8/h2,9-10H,5,7-8,11-12H2,1,3-4H3;1-2H,(H,5,6)(H,7,8)/b;2-1+. The number of unbranched alkanes of at least 4 members (excludes halogenated alkanes) is 2. The molecule has 0 saturated carbocycles. The molecule has 0 aromatic carbocycles. The predicted octanol–water partition coefficient (Wildman–Crippen LogP) is 3.96. The molecule has 0 radical (unpaired) electrons. The lowest BCUT2D eigenvalue weighted by Crippen LogP contribution is -2.01. The van der Waals surface area contributed by atoms with Gasteiger partial charge in [0.15, 0.2) is 11.4 Å². The van der Waals surface area contributed by atoms with Crippen molar-refractivity contribution in [2.24, 2.45) is 0 Å². The molecular weight excluding hydrogens is 392 g/mol. The minimum atomic E-state index is -1.26. The van der Waals surface area contributed by atoms with Crippen LogP contribution < -0.4 is 4.74 Å². The van der Waals surface area contributed by atoms with Gasteiger partial charge in [0.05, 0.1) is 18.1 Å².